The molecule has 1 heterocycles. The molecule has 0 aromatic heterocycles. The number of rotatable bonds is 8. The normalized spacial score (nSPS) is 16.9. The van der Waals surface area contributed by atoms with Gasteiger partial charge in [-0.25, -0.2) is 0 Å². The van der Waals surface area contributed by atoms with Gasteiger partial charge in [0.2, 0.25) is 0 Å². The first-order chi connectivity index (χ1) is 17.3. The fraction of sp³-hybridized carbons (Fsp3) is 0.214. The number of amides is 1. The second kappa shape index (κ2) is 10.9. The van der Waals surface area contributed by atoms with Gasteiger partial charge in [-0.05, 0) is 64.7 Å². The number of nitrogens with zero attached hydrogens (tertiary/aromatic N) is 1. The second-order valence-corrected chi connectivity index (χ2v) is 9.10. The number of hydrogen-bond donors (Lipinski definition) is 2. The fourth-order valence-electron chi connectivity index (χ4n) is 4.31. The summed E-state index contributed by atoms with van der Waals surface area (Å²) in [6.07, 6.45) is 0.514. The van der Waals surface area contributed by atoms with Crippen LogP contribution in [0.25, 0.3) is 5.76 Å². The van der Waals surface area contributed by atoms with Gasteiger partial charge in [-0.3, -0.25) is 9.59 Å². The van der Waals surface area contributed by atoms with Crippen LogP contribution in [-0.4, -0.2) is 47.1 Å². The van der Waals surface area contributed by atoms with Crippen molar-refractivity contribution in [1.82, 2.24) is 4.90 Å². The SMILES string of the molecule is CCOc1cccc(C(O)=C2C(=O)C(=O)N(CCc3ccccc3)C2c2cc(Br)c(O)c(OC)c2)c1. The highest BCUT2D eigenvalue weighted by Crippen LogP contribution is 2.44. The quantitative estimate of drug-likeness (QED) is 0.226. The molecule has 0 radical (unpaired) electrons. The van der Waals surface area contributed by atoms with Gasteiger partial charge in [0, 0.05) is 12.1 Å². The lowest BCUT2D eigenvalue weighted by Gasteiger charge is -2.26. The molecule has 0 aliphatic carbocycles. The average Bonchev–Trinajstić information content (AvgIpc) is 3.14. The van der Waals surface area contributed by atoms with Crippen molar-refractivity contribution in [3.8, 4) is 17.2 Å². The van der Waals surface area contributed by atoms with Crippen LogP contribution in [0.15, 0.2) is 76.8 Å². The van der Waals surface area contributed by atoms with E-state index in [-0.39, 0.29) is 29.4 Å². The standard InChI is InChI=1S/C28H26BrNO6/c1-3-36-20-11-7-10-18(14-20)25(31)23-24(19-15-21(29)26(32)22(16-19)35-2)30(28(34)27(23)33)13-12-17-8-5-4-6-9-17/h4-11,14-16,24,31-32H,3,12-13H2,1-2H3. The van der Waals surface area contributed by atoms with Crippen molar-refractivity contribution >= 4 is 33.4 Å². The number of phenols is 1. The molecular weight excluding hydrogens is 526 g/mol. The Morgan fingerprint density at radius 2 is 1.81 bits per heavy atom. The summed E-state index contributed by atoms with van der Waals surface area (Å²) in [5.41, 5.74) is 1.83. The highest BCUT2D eigenvalue weighted by molar-refractivity contribution is 9.10. The minimum absolute atomic E-state index is 0.0404. The van der Waals surface area contributed by atoms with Crippen molar-refractivity contribution in [1.29, 1.82) is 0 Å². The van der Waals surface area contributed by atoms with Gasteiger partial charge in [-0.2, -0.15) is 0 Å². The monoisotopic (exact) mass is 551 g/mol. The van der Waals surface area contributed by atoms with E-state index in [1.54, 1.807) is 36.4 Å². The minimum Gasteiger partial charge on any atom is -0.507 e. The lowest BCUT2D eigenvalue weighted by molar-refractivity contribution is -0.139. The van der Waals surface area contributed by atoms with Gasteiger partial charge >= 0.3 is 0 Å². The molecule has 1 unspecified atom stereocenters. The van der Waals surface area contributed by atoms with Crippen LogP contribution in [0.1, 0.15) is 29.7 Å². The Morgan fingerprint density at radius 1 is 1.06 bits per heavy atom. The summed E-state index contributed by atoms with van der Waals surface area (Å²) in [5, 5.41) is 21.6. The zero-order valence-corrected chi connectivity index (χ0v) is 21.5. The largest absolute Gasteiger partial charge is 0.507 e. The first-order valence-electron chi connectivity index (χ1n) is 11.5. The van der Waals surface area contributed by atoms with Crippen LogP contribution in [-0.2, 0) is 16.0 Å². The Morgan fingerprint density at radius 3 is 2.50 bits per heavy atom. The van der Waals surface area contributed by atoms with E-state index in [2.05, 4.69) is 15.9 Å². The summed E-state index contributed by atoms with van der Waals surface area (Å²) < 4.78 is 11.2. The molecule has 1 atom stereocenters. The van der Waals surface area contributed by atoms with E-state index in [4.69, 9.17) is 9.47 Å². The molecule has 36 heavy (non-hydrogen) atoms. The number of likely N-dealkylation sites (tertiary alicyclic amines) is 1. The van der Waals surface area contributed by atoms with Crippen LogP contribution in [0, 0.1) is 0 Å². The van der Waals surface area contributed by atoms with Gasteiger partial charge in [0.15, 0.2) is 11.5 Å². The van der Waals surface area contributed by atoms with Crippen molar-refractivity contribution in [2.24, 2.45) is 0 Å². The number of benzene rings is 3. The Kier molecular flexibility index (Phi) is 7.64. The molecule has 3 aromatic carbocycles. The van der Waals surface area contributed by atoms with E-state index >= 15 is 0 Å². The summed E-state index contributed by atoms with van der Waals surface area (Å²) >= 11 is 3.33. The van der Waals surface area contributed by atoms with Crippen LogP contribution in [0.5, 0.6) is 17.2 Å². The maximum atomic E-state index is 13.3. The number of ketones is 1. The molecule has 3 aromatic rings. The number of aliphatic hydroxyl groups excluding tert-OH is 1. The summed E-state index contributed by atoms with van der Waals surface area (Å²) in [6.45, 7) is 2.53. The number of carbonyl (C=O) groups excluding carboxylic acids is 2. The molecule has 2 N–H and O–H groups in total. The molecule has 7 nitrogen and oxygen atoms in total. The van der Waals surface area contributed by atoms with E-state index in [0.717, 1.165) is 5.56 Å². The van der Waals surface area contributed by atoms with E-state index in [9.17, 15) is 19.8 Å². The lowest BCUT2D eigenvalue weighted by Crippen LogP contribution is -2.31. The van der Waals surface area contributed by atoms with E-state index in [0.29, 0.717) is 34.4 Å². The number of hydrogen-bond acceptors (Lipinski definition) is 6. The zero-order valence-electron chi connectivity index (χ0n) is 19.9. The van der Waals surface area contributed by atoms with E-state index in [1.165, 1.54) is 12.0 Å². The van der Waals surface area contributed by atoms with Gasteiger partial charge in [-0.1, -0.05) is 42.5 Å². The second-order valence-electron chi connectivity index (χ2n) is 8.24. The van der Waals surface area contributed by atoms with Gasteiger partial charge in [-0.15, -0.1) is 0 Å². The first kappa shape index (κ1) is 25.3. The third kappa shape index (κ3) is 4.95. The zero-order chi connectivity index (χ0) is 25.8. The number of aromatic hydroxyl groups is 1. The average molecular weight is 552 g/mol. The topological polar surface area (TPSA) is 96.3 Å². The maximum Gasteiger partial charge on any atom is 0.295 e. The Hall–Kier alpha value is -3.78. The molecule has 1 aliphatic rings. The predicted molar refractivity (Wildman–Crippen MR) is 139 cm³/mol. The number of halogens is 1. The summed E-state index contributed by atoms with van der Waals surface area (Å²) in [4.78, 5) is 28.0. The molecule has 1 saturated heterocycles. The van der Waals surface area contributed by atoms with Crippen molar-refractivity contribution in [3.05, 3.63) is 93.5 Å². The number of methoxy groups -OCH3 is 1. The predicted octanol–water partition coefficient (Wildman–Crippen LogP) is 5.23. The van der Waals surface area contributed by atoms with Gasteiger partial charge < -0.3 is 24.6 Å². The van der Waals surface area contributed by atoms with E-state index in [1.807, 2.05) is 37.3 Å². The third-order valence-corrected chi connectivity index (χ3v) is 6.63. The fourth-order valence-corrected chi connectivity index (χ4v) is 4.77. The van der Waals surface area contributed by atoms with Crippen LogP contribution in [0.4, 0.5) is 0 Å². The minimum atomic E-state index is -0.893. The summed E-state index contributed by atoms with van der Waals surface area (Å²) in [5.74, 6) is -1.19. The van der Waals surface area contributed by atoms with Crippen LogP contribution >= 0.6 is 15.9 Å². The van der Waals surface area contributed by atoms with Crippen molar-refractivity contribution in [3.63, 3.8) is 0 Å². The molecule has 1 amide bonds. The highest BCUT2D eigenvalue weighted by Gasteiger charge is 2.46. The van der Waals surface area contributed by atoms with Gasteiger partial charge in [0.05, 0.1) is 29.8 Å². The van der Waals surface area contributed by atoms with Crippen LogP contribution in [0.3, 0.4) is 0 Å². The van der Waals surface area contributed by atoms with Gasteiger partial charge in [0.1, 0.15) is 11.5 Å². The number of Topliss-reactive ketones (excluding diaryl/α,β-unsaturated/α-hetero) is 1. The number of aliphatic hydroxyl groups is 1. The Bertz CT molecular complexity index is 1320. The van der Waals surface area contributed by atoms with Crippen LogP contribution < -0.4 is 9.47 Å². The molecule has 0 saturated carbocycles. The summed E-state index contributed by atoms with van der Waals surface area (Å²) in [7, 11) is 1.41. The highest BCUT2D eigenvalue weighted by atomic mass is 79.9. The first-order valence-corrected chi connectivity index (χ1v) is 12.3. The molecule has 186 valence electrons. The lowest BCUT2D eigenvalue weighted by atomic mass is 9.94. The van der Waals surface area contributed by atoms with Crippen molar-refractivity contribution < 1.29 is 29.3 Å². The molecular formula is C28H26BrNO6. The molecule has 0 bridgehead atoms. The molecule has 0 spiro atoms. The Balaban J connectivity index is 1.85. The molecule has 1 aliphatic heterocycles. The smallest absolute Gasteiger partial charge is 0.295 e. The van der Waals surface area contributed by atoms with Crippen molar-refractivity contribution in [2.75, 3.05) is 20.3 Å². The summed E-state index contributed by atoms with van der Waals surface area (Å²) in [6, 6.07) is 18.7. The molecule has 4 rings (SSSR count). The van der Waals surface area contributed by atoms with Crippen molar-refractivity contribution in [2.45, 2.75) is 19.4 Å². The molecule has 1 fully saturated rings. The van der Waals surface area contributed by atoms with Crippen LogP contribution in [0.2, 0.25) is 0 Å². The van der Waals surface area contributed by atoms with Gasteiger partial charge in [0.25, 0.3) is 11.7 Å². The number of ether oxygens (including phenoxy) is 2. The number of carbonyl (C=O) groups is 2. The maximum absolute atomic E-state index is 13.3. The third-order valence-electron chi connectivity index (χ3n) is 6.03. The number of phenolic OH excluding ortho intramolecular Hbond substituents is 1. The Labute approximate surface area is 217 Å². The van der Waals surface area contributed by atoms with E-state index < -0.39 is 17.7 Å². The molecule has 8 heteroatoms.